The molecule has 0 saturated carbocycles. The molecule has 1 atom stereocenters. The molecule has 0 saturated heterocycles. The van der Waals surface area contributed by atoms with Gasteiger partial charge in [-0.25, -0.2) is 4.79 Å². The molecule has 0 spiro atoms. The van der Waals surface area contributed by atoms with Crippen molar-refractivity contribution >= 4 is 17.6 Å². The summed E-state index contributed by atoms with van der Waals surface area (Å²) in [7, 11) is 1.53. The van der Waals surface area contributed by atoms with E-state index < -0.39 is 11.9 Å². The zero-order valence-corrected chi connectivity index (χ0v) is 20.7. The van der Waals surface area contributed by atoms with Crippen molar-refractivity contribution < 1.29 is 28.5 Å². The molecule has 3 aromatic carbocycles. The van der Waals surface area contributed by atoms with E-state index in [2.05, 4.69) is 12.6 Å². The van der Waals surface area contributed by atoms with E-state index in [1.54, 1.807) is 60.7 Å². The van der Waals surface area contributed by atoms with Crippen LogP contribution in [-0.4, -0.2) is 26.3 Å². The molecular weight excluding hydrogens is 496 g/mol. The monoisotopic (exact) mass is 518 g/mol. The fraction of sp³-hybridized carbons (Fsp3) is 0.143. The highest BCUT2D eigenvalue weighted by atomic mass is 35.5. The molecule has 9 heteroatoms. The molecule has 0 aromatic heterocycles. The summed E-state index contributed by atoms with van der Waals surface area (Å²) < 4.78 is 27.7. The first-order chi connectivity index (χ1) is 17.9. The Morgan fingerprint density at radius 1 is 1.14 bits per heavy atom. The van der Waals surface area contributed by atoms with Gasteiger partial charge in [-0.3, -0.25) is 0 Å². The minimum Gasteiger partial charge on any atom is -0.493 e. The molecule has 3 aromatic rings. The number of fused-ring (bicyclic) bond motifs is 1. The van der Waals surface area contributed by atoms with Crippen LogP contribution in [-0.2, 0) is 4.79 Å². The van der Waals surface area contributed by atoms with Crippen LogP contribution in [0.4, 0.5) is 0 Å². The van der Waals surface area contributed by atoms with E-state index in [9.17, 15) is 10.1 Å². The average molecular weight is 519 g/mol. The first-order valence-corrected chi connectivity index (χ1v) is 11.5. The topological polar surface area (TPSA) is 113 Å². The van der Waals surface area contributed by atoms with Crippen LogP contribution in [0.2, 0.25) is 5.02 Å². The molecule has 0 aliphatic carbocycles. The van der Waals surface area contributed by atoms with Crippen LogP contribution in [0.25, 0.3) is 0 Å². The van der Waals surface area contributed by atoms with Crippen LogP contribution >= 0.6 is 11.6 Å². The van der Waals surface area contributed by atoms with E-state index >= 15 is 0 Å². The van der Waals surface area contributed by atoms with Gasteiger partial charge in [-0.15, -0.1) is 0 Å². The first-order valence-electron chi connectivity index (χ1n) is 11.2. The van der Waals surface area contributed by atoms with Gasteiger partial charge in [0.2, 0.25) is 5.88 Å². The number of nitrogens with two attached hydrogens (primary N) is 1. The number of nitriles is 1. The molecule has 1 aliphatic heterocycles. The van der Waals surface area contributed by atoms with Crippen LogP contribution in [0.5, 0.6) is 28.7 Å². The molecule has 4 rings (SSSR count). The summed E-state index contributed by atoms with van der Waals surface area (Å²) >= 11 is 5.93. The zero-order valence-electron chi connectivity index (χ0n) is 19.9. The fourth-order valence-corrected chi connectivity index (χ4v) is 4.01. The normalized spacial score (nSPS) is 14.0. The van der Waals surface area contributed by atoms with Crippen LogP contribution < -0.4 is 29.4 Å². The molecule has 188 valence electrons. The second-order valence-corrected chi connectivity index (χ2v) is 8.29. The van der Waals surface area contributed by atoms with E-state index in [0.717, 1.165) is 5.56 Å². The van der Waals surface area contributed by atoms with Gasteiger partial charge in [0, 0.05) is 16.7 Å². The van der Waals surface area contributed by atoms with Gasteiger partial charge < -0.3 is 29.4 Å². The Morgan fingerprint density at radius 2 is 1.97 bits per heavy atom. The highest BCUT2D eigenvalue weighted by Crippen LogP contribution is 2.45. The molecule has 2 N–H and O–H groups in total. The van der Waals surface area contributed by atoms with Crippen LogP contribution in [0.3, 0.4) is 0 Å². The van der Waals surface area contributed by atoms with Crippen LogP contribution in [0.15, 0.2) is 84.8 Å². The van der Waals surface area contributed by atoms with Gasteiger partial charge in [-0.1, -0.05) is 42.5 Å². The SMILES string of the molecule is C=CCOc1ccc(C2C(C#N)=C(N)Oc3cc(OC(=O)COc4cccc(Cl)c4)ccc32)cc1OC. The first kappa shape index (κ1) is 25.5. The van der Waals surface area contributed by atoms with Crippen molar-refractivity contribution in [3.63, 3.8) is 0 Å². The molecule has 0 bridgehead atoms. The number of ether oxygens (including phenoxy) is 5. The molecule has 37 heavy (non-hydrogen) atoms. The van der Waals surface area contributed by atoms with E-state index in [1.807, 2.05) is 6.07 Å². The van der Waals surface area contributed by atoms with Crippen LogP contribution in [0, 0.1) is 11.3 Å². The van der Waals surface area contributed by atoms with Gasteiger partial charge in [0.1, 0.15) is 35.5 Å². The lowest BCUT2D eigenvalue weighted by molar-refractivity contribution is -0.136. The maximum Gasteiger partial charge on any atom is 0.349 e. The van der Waals surface area contributed by atoms with Crippen molar-refractivity contribution in [1.29, 1.82) is 5.26 Å². The van der Waals surface area contributed by atoms with Gasteiger partial charge in [-0.05, 0) is 42.0 Å². The summed E-state index contributed by atoms with van der Waals surface area (Å²) in [6.45, 7) is 3.65. The molecule has 0 radical (unpaired) electrons. The molecule has 1 unspecified atom stereocenters. The van der Waals surface area contributed by atoms with Crippen LogP contribution in [0.1, 0.15) is 17.0 Å². The number of hydrogen-bond donors (Lipinski definition) is 1. The summed E-state index contributed by atoms with van der Waals surface area (Å²) in [6.07, 6.45) is 1.63. The van der Waals surface area contributed by atoms with Gasteiger partial charge in [0.15, 0.2) is 18.1 Å². The number of halogens is 1. The number of nitrogens with zero attached hydrogens (tertiary/aromatic N) is 1. The lowest BCUT2D eigenvalue weighted by Gasteiger charge is -2.27. The summed E-state index contributed by atoms with van der Waals surface area (Å²) in [5.41, 5.74) is 7.76. The number of benzene rings is 3. The smallest absolute Gasteiger partial charge is 0.349 e. The Bertz CT molecular complexity index is 1410. The number of allylic oxidation sites excluding steroid dienone is 1. The van der Waals surface area contributed by atoms with E-state index in [1.165, 1.54) is 7.11 Å². The van der Waals surface area contributed by atoms with Crippen molar-refractivity contribution in [2.45, 2.75) is 5.92 Å². The predicted octanol–water partition coefficient (Wildman–Crippen LogP) is 5.12. The largest absolute Gasteiger partial charge is 0.493 e. The predicted molar refractivity (Wildman–Crippen MR) is 137 cm³/mol. The quantitative estimate of drug-likeness (QED) is 0.236. The number of esters is 1. The second-order valence-electron chi connectivity index (χ2n) is 7.85. The molecule has 0 amide bonds. The molecule has 8 nitrogen and oxygen atoms in total. The Morgan fingerprint density at radius 3 is 2.70 bits per heavy atom. The Balaban J connectivity index is 1.58. The maximum atomic E-state index is 12.3. The molecular formula is C28H23ClN2O6. The Labute approximate surface area is 219 Å². The summed E-state index contributed by atoms with van der Waals surface area (Å²) in [4.78, 5) is 12.3. The number of carbonyl (C=O) groups is 1. The third-order valence-corrected chi connectivity index (χ3v) is 5.69. The van der Waals surface area contributed by atoms with Gasteiger partial charge in [-0.2, -0.15) is 5.26 Å². The number of methoxy groups -OCH3 is 1. The third kappa shape index (κ3) is 5.80. The average Bonchev–Trinajstić information content (AvgIpc) is 2.90. The van der Waals surface area contributed by atoms with Gasteiger partial charge in [0.25, 0.3) is 0 Å². The second kappa shape index (κ2) is 11.4. The Kier molecular flexibility index (Phi) is 7.86. The number of rotatable bonds is 9. The van der Waals surface area contributed by atoms with Crippen molar-refractivity contribution in [3.8, 4) is 34.8 Å². The van der Waals surface area contributed by atoms with E-state index in [4.69, 9.17) is 41.0 Å². The summed E-state index contributed by atoms with van der Waals surface area (Å²) in [6, 6.07) is 19.1. The standard InChI is InChI=1S/C28H23ClN2O6/c1-3-11-34-23-10-7-17(12-25(23)33-2)27-21-9-8-20(14-24(21)37-28(31)22(27)15-30)36-26(32)16-35-19-6-4-5-18(29)13-19/h3-10,12-14,27H,1,11,16,31H2,2H3. The third-order valence-electron chi connectivity index (χ3n) is 5.45. The summed E-state index contributed by atoms with van der Waals surface area (Å²) in [5, 5.41) is 10.3. The van der Waals surface area contributed by atoms with Crippen molar-refractivity contribution in [2.75, 3.05) is 20.3 Å². The molecule has 1 heterocycles. The Hall–Kier alpha value is -4.61. The van der Waals surface area contributed by atoms with Gasteiger partial charge in [0.05, 0.1) is 13.0 Å². The van der Waals surface area contributed by atoms with Crippen molar-refractivity contribution in [1.82, 2.24) is 0 Å². The lowest BCUT2D eigenvalue weighted by atomic mass is 9.83. The molecule has 0 fully saturated rings. The maximum absolute atomic E-state index is 12.3. The van der Waals surface area contributed by atoms with Gasteiger partial charge >= 0.3 is 5.97 Å². The van der Waals surface area contributed by atoms with Crippen molar-refractivity contribution in [3.05, 3.63) is 101 Å². The highest BCUT2D eigenvalue weighted by Gasteiger charge is 2.31. The highest BCUT2D eigenvalue weighted by molar-refractivity contribution is 6.30. The zero-order chi connectivity index (χ0) is 26.4. The van der Waals surface area contributed by atoms with Crippen molar-refractivity contribution in [2.24, 2.45) is 5.73 Å². The van der Waals surface area contributed by atoms with E-state index in [0.29, 0.717) is 40.2 Å². The lowest BCUT2D eigenvalue weighted by Crippen LogP contribution is -2.22. The number of carbonyl (C=O) groups excluding carboxylic acids is 1. The minimum atomic E-state index is -0.617. The fourth-order valence-electron chi connectivity index (χ4n) is 3.83. The minimum absolute atomic E-state index is 0.0429. The number of hydrogen-bond acceptors (Lipinski definition) is 8. The molecule has 1 aliphatic rings. The summed E-state index contributed by atoms with van der Waals surface area (Å²) in [5.74, 6) is 0.868. The van der Waals surface area contributed by atoms with E-state index in [-0.39, 0.29) is 23.8 Å².